The summed E-state index contributed by atoms with van der Waals surface area (Å²) in [4.78, 5) is 38.9. The largest absolute Gasteiger partial charge is 0.354 e. The van der Waals surface area contributed by atoms with Gasteiger partial charge in [-0.25, -0.2) is 4.39 Å². The molecule has 7 heteroatoms. The van der Waals surface area contributed by atoms with E-state index in [0.717, 1.165) is 27.8 Å². The number of thioether (sulfide) groups is 1. The van der Waals surface area contributed by atoms with Crippen molar-refractivity contribution in [3.05, 3.63) is 75.9 Å². The maximum absolute atomic E-state index is 13.1. The first-order valence-electron chi connectivity index (χ1n) is 9.55. The Bertz CT molecular complexity index is 998. The van der Waals surface area contributed by atoms with Gasteiger partial charge in [0.2, 0.25) is 5.91 Å². The number of benzene rings is 2. The highest BCUT2D eigenvalue weighted by Crippen LogP contribution is 2.32. The van der Waals surface area contributed by atoms with Crippen molar-refractivity contribution >= 4 is 34.9 Å². The number of halogens is 1. The summed E-state index contributed by atoms with van der Waals surface area (Å²) < 4.78 is 13.1. The topological polar surface area (TPSA) is 66.5 Å². The van der Waals surface area contributed by atoms with Crippen LogP contribution in [0.1, 0.15) is 30.5 Å². The lowest BCUT2D eigenvalue weighted by Crippen LogP contribution is -2.44. The molecule has 0 atom stereocenters. The molecule has 1 heterocycles. The van der Waals surface area contributed by atoms with Gasteiger partial charge >= 0.3 is 0 Å². The van der Waals surface area contributed by atoms with Gasteiger partial charge in [0.15, 0.2) is 0 Å². The molecular formula is C23H23FN2O3S. The molecule has 2 aromatic rings. The van der Waals surface area contributed by atoms with Crippen LogP contribution in [0.15, 0.2) is 53.4 Å². The predicted octanol–water partition coefficient (Wildman–Crippen LogP) is 4.26. The number of hydrogen-bond donors (Lipinski definition) is 1. The summed E-state index contributed by atoms with van der Waals surface area (Å²) in [6.07, 6.45) is 1.70. The fraction of sp³-hybridized carbons (Fsp3) is 0.261. The van der Waals surface area contributed by atoms with Crippen molar-refractivity contribution < 1.29 is 18.8 Å². The Labute approximate surface area is 179 Å². The molecule has 2 aromatic carbocycles. The number of imide groups is 1. The first-order chi connectivity index (χ1) is 14.2. The maximum atomic E-state index is 13.1. The minimum atomic E-state index is -0.877. The summed E-state index contributed by atoms with van der Waals surface area (Å²) in [6, 6.07) is 13.4. The Balaban J connectivity index is 1.59. The fourth-order valence-electron chi connectivity index (χ4n) is 3.01. The minimum Gasteiger partial charge on any atom is -0.354 e. The summed E-state index contributed by atoms with van der Waals surface area (Å²) in [5.74, 6) is -0.998. The molecule has 156 valence electrons. The third-order valence-electron chi connectivity index (χ3n) is 5.00. The lowest BCUT2D eigenvalue weighted by Gasteiger charge is -2.24. The van der Waals surface area contributed by atoms with Crippen molar-refractivity contribution in [2.75, 3.05) is 13.1 Å². The second-order valence-electron chi connectivity index (χ2n) is 7.63. The summed E-state index contributed by atoms with van der Waals surface area (Å²) in [7, 11) is 0. The zero-order valence-corrected chi connectivity index (χ0v) is 17.9. The van der Waals surface area contributed by atoms with Crippen molar-refractivity contribution in [3.8, 4) is 0 Å². The smallest absolute Gasteiger partial charge is 0.293 e. The molecule has 0 saturated carbocycles. The van der Waals surface area contributed by atoms with E-state index in [1.165, 1.54) is 12.1 Å². The molecule has 0 radical (unpaired) electrons. The number of nitrogens with one attached hydrogen (secondary N) is 1. The van der Waals surface area contributed by atoms with E-state index in [1.54, 1.807) is 32.1 Å². The zero-order valence-electron chi connectivity index (χ0n) is 17.1. The van der Waals surface area contributed by atoms with E-state index in [9.17, 15) is 18.8 Å². The molecule has 5 nitrogen and oxygen atoms in total. The van der Waals surface area contributed by atoms with Crippen LogP contribution in [0, 0.1) is 12.7 Å². The molecule has 1 aliphatic rings. The number of aryl methyl sites for hydroxylation is 1. The number of carbonyl (C=O) groups excluding carboxylic acids is 3. The molecule has 3 amide bonds. The molecule has 30 heavy (non-hydrogen) atoms. The van der Waals surface area contributed by atoms with Gasteiger partial charge in [0, 0.05) is 13.1 Å². The van der Waals surface area contributed by atoms with Crippen LogP contribution >= 0.6 is 11.8 Å². The molecule has 1 N–H and O–H groups in total. The Hall–Kier alpha value is -2.93. The van der Waals surface area contributed by atoms with Gasteiger partial charge in [-0.2, -0.15) is 0 Å². The van der Waals surface area contributed by atoms with Crippen LogP contribution in [-0.4, -0.2) is 35.0 Å². The number of hydrogen-bond acceptors (Lipinski definition) is 4. The summed E-state index contributed by atoms with van der Waals surface area (Å²) in [5, 5.41) is 2.41. The van der Waals surface area contributed by atoms with E-state index < -0.39 is 5.41 Å². The van der Waals surface area contributed by atoms with Crippen molar-refractivity contribution in [3.63, 3.8) is 0 Å². The average molecular weight is 427 g/mol. The van der Waals surface area contributed by atoms with E-state index in [0.29, 0.717) is 10.5 Å². The van der Waals surface area contributed by atoms with E-state index in [4.69, 9.17) is 0 Å². The standard InChI is InChI=1S/C23H23FN2O3S/c1-15-4-6-16(7-5-15)14-19-20(27)26(22(29)30-19)13-12-25-21(28)23(2,3)17-8-10-18(24)11-9-17/h4-11,14H,12-13H2,1-3H3,(H,25,28)/b19-14-. The van der Waals surface area contributed by atoms with Gasteiger partial charge < -0.3 is 5.32 Å². The van der Waals surface area contributed by atoms with Gasteiger partial charge in [0.05, 0.1) is 10.3 Å². The van der Waals surface area contributed by atoms with E-state index >= 15 is 0 Å². The van der Waals surface area contributed by atoms with Gasteiger partial charge in [-0.1, -0.05) is 42.0 Å². The summed E-state index contributed by atoms with van der Waals surface area (Å²) in [5.41, 5.74) is 1.76. The number of nitrogens with zero attached hydrogens (tertiary/aromatic N) is 1. The molecular weight excluding hydrogens is 403 g/mol. The normalized spacial score (nSPS) is 15.7. The van der Waals surface area contributed by atoms with Crippen LogP contribution in [0.2, 0.25) is 0 Å². The Morgan fingerprint density at radius 2 is 1.73 bits per heavy atom. The van der Waals surface area contributed by atoms with E-state index in [-0.39, 0.29) is 36.0 Å². The van der Waals surface area contributed by atoms with Crippen LogP contribution in [0.25, 0.3) is 6.08 Å². The number of carbonyl (C=O) groups is 3. The van der Waals surface area contributed by atoms with Gasteiger partial charge in [0.25, 0.3) is 11.1 Å². The van der Waals surface area contributed by atoms with E-state index in [1.807, 2.05) is 31.2 Å². The van der Waals surface area contributed by atoms with Crippen LogP contribution in [0.5, 0.6) is 0 Å². The van der Waals surface area contributed by atoms with E-state index in [2.05, 4.69) is 5.32 Å². The SMILES string of the molecule is Cc1ccc(/C=C2\SC(=O)N(CCNC(=O)C(C)(C)c3ccc(F)cc3)C2=O)cc1. The molecule has 3 rings (SSSR count). The fourth-order valence-corrected chi connectivity index (χ4v) is 3.87. The molecule has 1 aliphatic heterocycles. The van der Waals surface area contributed by atoms with Crippen LogP contribution in [0.3, 0.4) is 0 Å². The molecule has 0 aliphatic carbocycles. The number of amides is 3. The van der Waals surface area contributed by atoms with Crippen LogP contribution in [-0.2, 0) is 15.0 Å². The van der Waals surface area contributed by atoms with Gasteiger partial charge in [-0.15, -0.1) is 0 Å². The average Bonchev–Trinajstić information content (AvgIpc) is 2.97. The molecule has 0 bridgehead atoms. The quantitative estimate of drug-likeness (QED) is 0.701. The lowest BCUT2D eigenvalue weighted by molar-refractivity contribution is -0.126. The highest BCUT2D eigenvalue weighted by atomic mass is 32.2. The third-order valence-corrected chi connectivity index (χ3v) is 5.91. The Kier molecular flexibility index (Phi) is 6.41. The maximum Gasteiger partial charge on any atom is 0.293 e. The first-order valence-corrected chi connectivity index (χ1v) is 10.4. The van der Waals surface area contributed by atoms with Crippen molar-refractivity contribution in [1.29, 1.82) is 0 Å². The Morgan fingerprint density at radius 1 is 1.10 bits per heavy atom. The summed E-state index contributed by atoms with van der Waals surface area (Å²) >= 11 is 0.894. The van der Waals surface area contributed by atoms with Crippen molar-refractivity contribution in [1.82, 2.24) is 10.2 Å². The zero-order chi connectivity index (χ0) is 21.9. The monoisotopic (exact) mass is 426 g/mol. The van der Waals surface area contributed by atoms with Crippen LogP contribution < -0.4 is 5.32 Å². The Morgan fingerprint density at radius 3 is 2.37 bits per heavy atom. The second kappa shape index (κ2) is 8.83. The number of rotatable bonds is 6. The molecule has 0 spiro atoms. The molecule has 1 saturated heterocycles. The van der Waals surface area contributed by atoms with Crippen LogP contribution in [0.4, 0.5) is 9.18 Å². The van der Waals surface area contributed by atoms with Gasteiger partial charge in [-0.05, 0) is 61.9 Å². The lowest BCUT2D eigenvalue weighted by atomic mass is 9.84. The second-order valence-corrected chi connectivity index (χ2v) is 8.63. The first kappa shape index (κ1) is 21.8. The highest BCUT2D eigenvalue weighted by Gasteiger charge is 2.35. The molecule has 0 aromatic heterocycles. The van der Waals surface area contributed by atoms with Gasteiger partial charge in [-0.3, -0.25) is 19.3 Å². The molecule has 0 unspecified atom stereocenters. The van der Waals surface area contributed by atoms with Crippen molar-refractivity contribution in [2.24, 2.45) is 0 Å². The highest BCUT2D eigenvalue weighted by molar-refractivity contribution is 8.18. The third kappa shape index (κ3) is 4.79. The van der Waals surface area contributed by atoms with Crippen molar-refractivity contribution in [2.45, 2.75) is 26.2 Å². The minimum absolute atomic E-state index is 0.0845. The molecule has 1 fully saturated rings. The van der Waals surface area contributed by atoms with Gasteiger partial charge in [0.1, 0.15) is 5.82 Å². The summed E-state index contributed by atoms with van der Waals surface area (Å²) in [6.45, 7) is 5.67. The predicted molar refractivity (Wildman–Crippen MR) is 116 cm³/mol.